The van der Waals surface area contributed by atoms with Crippen LogP contribution in [-0.2, 0) is 14.3 Å². The molecule has 5 rings (SSSR count). The van der Waals surface area contributed by atoms with Crippen molar-refractivity contribution in [3.63, 3.8) is 0 Å². The number of anilines is 1. The van der Waals surface area contributed by atoms with Crippen LogP contribution in [0.4, 0.5) is 5.69 Å². The van der Waals surface area contributed by atoms with E-state index in [4.69, 9.17) is 14.2 Å². The van der Waals surface area contributed by atoms with Gasteiger partial charge in [0.2, 0.25) is 0 Å². The molecule has 37 heavy (non-hydrogen) atoms. The van der Waals surface area contributed by atoms with Gasteiger partial charge in [-0.2, -0.15) is 0 Å². The van der Waals surface area contributed by atoms with Crippen molar-refractivity contribution in [1.29, 1.82) is 0 Å². The molecule has 1 N–H and O–H groups in total. The van der Waals surface area contributed by atoms with E-state index in [-0.39, 0.29) is 52.6 Å². The molecule has 1 aliphatic heterocycles. The predicted molar refractivity (Wildman–Crippen MR) is 130 cm³/mol. The van der Waals surface area contributed by atoms with E-state index in [1.807, 2.05) is 0 Å². The highest BCUT2D eigenvalue weighted by Crippen LogP contribution is 2.32. The second kappa shape index (κ2) is 10.1. The van der Waals surface area contributed by atoms with Gasteiger partial charge in [0.1, 0.15) is 13.2 Å². The van der Waals surface area contributed by atoms with E-state index in [1.165, 1.54) is 12.1 Å². The normalized spacial score (nSPS) is 13.3. The minimum absolute atomic E-state index is 0.0934. The second-order valence-corrected chi connectivity index (χ2v) is 8.42. The van der Waals surface area contributed by atoms with Gasteiger partial charge >= 0.3 is 5.97 Å². The second-order valence-electron chi connectivity index (χ2n) is 8.42. The largest absolute Gasteiger partial charge is 0.486 e. The maximum Gasteiger partial charge on any atom is 0.306 e. The molecule has 0 bridgehead atoms. The highest BCUT2D eigenvalue weighted by atomic mass is 16.6. The third-order valence-corrected chi connectivity index (χ3v) is 6.01. The molecule has 0 atom stereocenters. The number of carbonyl (C=O) groups is 5. The average Bonchev–Trinajstić information content (AvgIpc) is 2.93. The van der Waals surface area contributed by atoms with Crippen LogP contribution >= 0.6 is 0 Å². The summed E-state index contributed by atoms with van der Waals surface area (Å²) in [6.45, 7) is 0.219. The Bertz CT molecular complexity index is 1460. The van der Waals surface area contributed by atoms with Crippen molar-refractivity contribution < 1.29 is 38.2 Å². The number of ketones is 3. The first-order valence-corrected chi connectivity index (χ1v) is 11.6. The Morgan fingerprint density at radius 1 is 0.784 bits per heavy atom. The van der Waals surface area contributed by atoms with E-state index in [1.54, 1.807) is 48.5 Å². The molecule has 1 amide bonds. The molecule has 0 saturated carbocycles. The standard InChI is InChI=1S/C28H21NO8/c30-21(16-8-10-22-23(14-16)36-13-12-35-22)9-11-25(32)37-15-24(31)29-20-7-3-6-19-26(20)28(34)18-5-2-1-4-17(18)27(19)33/h1-8,10,14H,9,11-13,15H2,(H,29,31). The Balaban J connectivity index is 1.16. The minimum Gasteiger partial charge on any atom is -0.486 e. The highest BCUT2D eigenvalue weighted by molar-refractivity contribution is 6.30. The molecule has 9 heteroatoms. The molecule has 3 aromatic rings. The Kier molecular flexibility index (Phi) is 6.51. The number of hydrogen-bond acceptors (Lipinski definition) is 8. The fourth-order valence-corrected chi connectivity index (χ4v) is 4.23. The summed E-state index contributed by atoms with van der Waals surface area (Å²) in [6.07, 6.45) is -0.326. The lowest BCUT2D eigenvalue weighted by atomic mass is 9.83. The monoisotopic (exact) mass is 499 g/mol. The SMILES string of the molecule is O=C(COC(=O)CCC(=O)c1ccc2c(c1)OCCO2)Nc1cccc2c1C(=O)c1ccccc1C2=O. The zero-order valence-electron chi connectivity index (χ0n) is 19.6. The van der Waals surface area contributed by atoms with Gasteiger partial charge in [0.05, 0.1) is 17.7 Å². The zero-order valence-corrected chi connectivity index (χ0v) is 19.6. The Hall–Kier alpha value is -4.79. The lowest BCUT2D eigenvalue weighted by Crippen LogP contribution is -2.26. The Morgan fingerprint density at radius 2 is 1.49 bits per heavy atom. The number of esters is 1. The Morgan fingerprint density at radius 3 is 2.27 bits per heavy atom. The summed E-state index contributed by atoms with van der Waals surface area (Å²) in [4.78, 5) is 62.9. The van der Waals surface area contributed by atoms with Crippen molar-refractivity contribution >= 4 is 34.9 Å². The van der Waals surface area contributed by atoms with E-state index >= 15 is 0 Å². The van der Waals surface area contributed by atoms with Crippen LogP contribution in [0.3, 0.4) is 0 Å². The van der Waals surface area contributed by atoms with E-state index in [0.29, 0.717) is 35.8 Å². The zero-order chi connectivity index (χ0) is 25.9. The van der Waals surface area contributed by atoms with Gasteiger partial charge in [-0.15, -0.1) is 0 Å². The van der Waals surface area contributed by atoms with Crippen LogP contribution in [0.1, 0.15) is 55.0 Å². The number of fused-ring (bicyclic) bond motifs is 3. The molecule has 2 aliphatic rings. The summed E-state index contributed by atoms with van der Waals surface area (Å²) in [7, 11) is 0. The van der Waals surface area contributed by atoms with Gasteiger partial charge < -0.3 is 19.5 Å². The van der Waals surface area contributed by atoms with Gasteiger partial charge in [-0.3, -0.25) is 24.0 Å². The summed E-state index contributed by atoms with van der Waals surface area (Å²) in [6, 6.07) is 15.9. The van der Waals surface area contributed by atoms with Crippen LogP contribution in [0.5, 0.6) is 11.5 Å². The first-order valence-electron chi connectivity index (χ1n) is 11.6. The number of ether oxygens (including phenoxy) is 3. The summed E-state index contributed by atoms with van der Waals surface area (Å²) < 4.78 is 15.9. The van der Waals surface area contributed by atoms with Crippen LogP contribution < -0.4 is 14.8 Å². The van der Waals surface area contributed by atoms with Crippen molar-refractivity contribution in [2.75, 3.05) is 25.1 Å². The number of hydrogen-bond donors (Lipinski definition) is 1. The first-order chi connectivity index (χ1) is 17.9. The molecule has 0 saturated heterocycles. The first kappa shape index (κ1) is 23.9. The summed E-state index contributed by atoms with van der Waals surface area (Å²) >= 11 is 0. The molecule has 0 fully saturated rings. The number of carbonyl (C=O) groups excluding carboxylic acids is 5. The molecular weight excluding hydrogens is 478 g/mol. The predicted octanol–water partition coefficient (Wildman–Crippen LogP) is 3.38. The smallest absolute Gasteiger partial charge is 0.306 e. The Labute approximate surface area is 211 Å². The fraction of sp³-hybridized carbons (Fsp3) is 0.179. The van der Waals surface area contributed by atoms with Crippen molar-refractivity contribution in [3.05, 3.63) is 88.5 Å². The van der Waals surface area contributed by atoms with Crippen LogP contribution in [0.25, 0.3) is 0 Å². The van der Waals surface area contributed by atoms with Crippen LogP contribution in [0, 0.1) is 0 Å². The summed E-state index contributed by atoms with van der Waals surface area (Å²) in [5, 5.41) is 2.55. The van der Waals surface area contributed by atoms with Gasteiger partial charge in [0.15, 0.2) is 35.5 Å². The third kappa shape index (κ3) is 4.84. The lowest BCUT2D eigenvalue weighted by Gasteiger charge is -2.20. The van der Waals surface area contributed by atoms with Gasteiger partial charge in [0, 0.05) is 28.7 Å². The summed E-state index contributed by atoms with van der Waals surface area (Å²) in [5.74, 6) is -1.34. The number of benzene rings is 3. The van der Waals surface area contributed by atoms with E-state index < -0.39 is 18.5 Å². The van der Waals surface area contributed by atoms with Crippen LogP contribution in [0.2, 0.25) is 0 Å². The van der Waals surface area contributed by atoms with Crippen molar-refractivity contribution in [1.82, 2.24) is 0 Å². The third-order valence-electron chi connectivity index (χ3n) is 6.01. The van der Waals surface area contributed by atoms with Gasteiger partial charge in [-0.05, 0) is 24.3 Å². The van der Waals surface area contributed by atoms with Crippen LogP contribution in [0.15, 0.2) is 60.7 Å². The summed E-state index contributed by atoms with van der Waals surface area (Å²) in [5.41, 5.74) is 1.38. The molecule has 0 radical (unpaired) electrons. The average molecular weight is 499 g/mol. The number of rotatable bonds is 7. The van der Waals surface area contributed by atoms with Crippen LogP contribution in [-0.4, -0.2) is 49.0 Å². The highest BCUT2D eigenvalue weighted by Gasteiger charge is 2.31. The number of Topliss-reactive ketones (excluding diaryl/α,β-unsaturated/α-hetero) is 1. The van der Waals surface area contributed by atoms with Gasteiger partial charge in [-0.25, -0.2) is 0 Å². The topological polar surface area (TPSA) is 125 Å². The number of amides is 1. The maximum atomic E-state index is 13.0. The van der Waals surface area contributed by atoms with Crippen molar-refractivity contribution in [3.8, 4) is 11.5 Å². The molecule has 186 valence electrons. The molecular formula is C28H21NO8. The quantitative estimate of drug-likeness (QED) is 0.303. The van der Waals surface area contributed by atoms with E-state index in [2.05, 4.69) is 5.32 Å². The van der Waals surface area contributed by atoms with Crippen molar-refractivity contribution in [2.45, 2.75) is 12.8 Å². The molecule has 0 unspecified atom stereocenters. The molecule has 0 aromatic heterocycles. The minimum atomic E-state index is -0.726. The van der Waals surface area contributed by atoms with Gasteiger partial charge in [0.25, 0.3) is 5.91 Å². The maximum absolute atomic E-state index is 13.0. The van der Waals surface area contributed by atoms with Crippen molar-refractivity contribution in [2.24, 2.45) is 0 Å². The molecule has 1 heterocycles. The van der Waals surface area contributed by atoms with E-state index in [0.717, 1.165) is 0 Å². The number of nitrogens with one attached hydrogen (secondary N) is 1. The lowest BCUT2D eigenvalue weighted by molar-refractivity contribution is -0.147. The molecule has 9 nitrogen and oxygen atoms in total. The fourth-order valence-electron chi connectivity index (χ4n) is 4.23. The van der Waals surface area contributed by atoms with Gasteiger partial charge in [-0.1, -0.05) is 36.4 Å². The molecule has 3 aromatic carbocycles. The molecule has 1 aliphatic carbocycles. The molecule has 0 spiro atoms. The van der Waals surface area contributed by atoms with E-state index in [9.17, 15) is 24.0 Å².